The molecule has 0 aromatic rings. The number of carboxylic acid groups (broad SMARTS) is 1. The van der Waals surface area contributed by atoms with E-state index in [9.17, 15) is 4.79 Å². The Morgan fingerprint density at radius 2 is 1.33 bits per heavy atom. The van der Waals surface area contributed by atoms with Gasteiger partial charge in [-0.1, -0.05) is 77.4 Å². The van der Waals surface area contributed by atoms with E-state index < -0.39 is 5.97 Å². The molecule has 0 unspecified atom stereocenters. The molecule has 2 nitrogen and oxygen atoms in total. The first kappa shape index (κ1) is 20.2. The summed E-state index contributed by atoms with van der Waals surface area (Å²) in [6, 6.07) is 0. The molecule has 21 heavy (non-hydrogen) atoms. The molecule has 0 saturated heterocycles. The molecule has 0 aliphatic rings. The van der Waals surface area contributed by atoms with Crippen molar-refractivity contribution in [3.63, 3.8) is 0 Å². The smallest absolute Gasteiger partial charge is 0.306 e. The Bertz CT molecular complexity index is 258. The lowest BCUT2D eigenvalue weighted by Gasteiger charge is -2.04. The first-order chi connectivity index (χ1) is 10.2. The average Bonchev–Trinajstić information content (AvgIpc) is 2.47. The van der Waals surface area contributed by atoms with E-state index in [1.165, 1.54) is 70.6 Å². The Hall–Kier alpha value is -0.790. The highest BCUT2D eigenvalue weighted by atomic mass is 16.4. The minimum Gasteiger partial charge on any atom is -0.481 e. The molecular weight excluding hydrogens is 260 g/mol. The van der Waals surface area contributed by atoms with Crippen molar-refractivity contribution < 1.29 is 9.90 Å². The molecule has 1 atom stereocenters. The number of carbonyl (C=O) groups is 1. The molecule has 0 aromatic heterocycles. The minimum absolute atomic E-state index is 0.178. The van der Waals surface area contributed by atoms with Gasteiger partial charge in [0.25, 0.3) is 0 Å². The number of hydrogen-bond donors (Lipinski definition) is 1. The molecule has 0 amide bonds. The maximum atomic E-state index is 10.7. The van der Waals surface area contributed by atoms with E-state index in [1.807, 2.05) is 0 Å². The predicted octanol–water partition coefficient (Wildman–Crippen LogP) is 6.35. The second-order valence-electron chi connectivity index (χ2n) is 6.26. The topological polar surface area (TPSA) is 37.3 Å². The summed E-state index contributed by atoms with van der Waals surface area (Å²) < 4.78 is 0. The van der Waals surface area contributed by atoms with E-state index in [1.54, 1.807) is 6.92 Å². The van der Waals surface area contributed by atoms with Gasteiger partial charge in [0.15, 0.2) is 0 Å². The summed E-state index contributed by atoms with van der Waals surface area (Å²) in [7, 11) is 0. The third kappa shape index (κ3) is 15.4. The molecule has 0 radical (unpaired) electrons. The second-order valence-corrected chi connectivity index (χ2v) is 6.26. The molecule has 0 aliphatic carbocycles. The zero-order valence-corrected chi connectivity index (χ0v) is 14.3. The van der Waals surface area contributed by atoms with E-state index in [0.717, 1.165) is 12.8 Å². The molecular formula is C19H36O2. The van der Waals surface area contributed by atoms with Crippen molar-refractivity contribution in [2.75, 3.05) is 0 Å². The van der Waals surface area contributed by atoms with Crippen molar-refractivity contribution in [3.8, 4) is 0 Å². The van der Waals surface area contributed by atoms with Gasteiger partial charge in [0.1, 0.15) is 0 Å². The average molecular weight is 296 g/mol. The summed E-state index contributed by atoms with van der Waals surface area (Å²) in [4.78, 5) is 10.7. The standard InChI is InChI=1S/C19H36O2/c1-3-4-5-6-7-8-9-10-11-12-13-14-15-16-17-18(2)19(20)21/h10-11,18H,3-9,12-17H2,1-2H3,(H,20,21)/t18-/m0/s1. The Balaban J connectivity index is 3.17. The normalized spacial score (nSPS) is 12.9. The van der Waals surface area contributed by atoms with E-state index in [0.29, 0.717) is 0 Å². The van der Waals surface area contributed by atoms with Crippen molar-refractivity contribution in [1.82, 2.24) is 0 Å². The number of aliphatic carboxylic acids is 1. The monoisotopic (exact) mass is 296 g/mol. The van der Waals surface area contributed by atoms with Crippen molar-refractivity contribution in [1.29, 1.82) is 0 Å². The predicted molar refractivity (Wildman–Crippen MR) is 91.6 cm³/mol. The van der Waals surface area contributed by atoms with Crippen LogP contribution in [-0.2, 0) is 4.79 Å². The van der Waals surface area contributed by atoms with Gasteiger partial charge in [-0.05, 0) is 32.1 Å². The van der Waals surface area contributed by atoms with Crippen LogP contribution < -0.4 is 0 Å². The third-order valence-electron chi connectivity index (χ3n) is 4.07. The van der Waals surface area contributed by atoms with Gasteiger partial charge >= 0.3 is 5.97 Å². The SMILES string of the molecule is CCCCCCCCC=CCCCCCC[C@H](C)C(=O)O. The van der Waals surface area contributed by atoms with E-state index in [4.69, 9.17) is 5.11 Å². The highest BCUT2D eigenvalue weighted by Gasteiger charge is 2.09. The van der Waals surface area contributed by atoms with Gasteiger partial charge < -0.3 is 5.11 Å². The van der Waals surface area contributed by atoms with Crippen LogP contribution in [0.25, 0.3) is 0 Å². The van der Waals surface area contributed by atoms with Crippen molar-refractivity contribution in [2.24, 2.45) is 5.92 Å². The maximum absolute atomic E-state index is 10.7. The molecule has 1 N–H and O–H groups in total. The Morgan fingerprint density at radius 1 is 0.857 bits per heavy atom. The zero-order valence-electron chi connectivity index (χ0n) is 14.3. The largest absolute Gasteiger partial charge is 0.481 e. The number of allylic oxidation sites excluding steroid dienone is 2. The van der Waals surface area contributed by atoms with Crippen LogP contribution in [0, 0.1) is 5.92 Å². The van der Waals surface area contributed by atoms with E-state index in [-0.39, 0.29) is 5.92 Å². The van der Waals surface area contributed by atoms with Gasteiger partial charge in [-0.3, -0.25) is 4.79 Å². The number of rotatable bonds is 15. The zero-order chi connectivity index (χ0) is 15.8. The fourth-order valence-electron chi connectivity index (χ4n) is 2.47. The van der Waals surface area contributed by atoms with E-state index >= 15 is 0 Å². The number of hydrogen-bond acceptors (Lipinski definition) is 1. The van der Waals surface area contributed by atoms with Gasteiger partial charge in [-0.2, -0.15) is 0 Å². The first-order valence-corrected chi connectivity index (χ1v) is 9.06. The highest BCUT2D eigenvalue weighted by Crippen LogP contribution is 2.12. The summed E-state index contributed by atoms with van der Waals surface area (Å²) in [5, 5.41) is 8.78. The molecule has 0 saturated carbocycles. The lowest BCUT2D eigenvalue weighted by atomic mass is 10.0. The fourth-order valence-corrected chi connectivity index (χ4v) is 2.47. The lowest BCUT2D eigenvalue weighted by molar-refractivity contribution is -0.141. The minimum atomic E-state index is -0.660. The molecule has 2 heteroatoms. The van der Waals surface area contributed by atoms with Gasteiger partial charge in [-0.25, -0.2) is 0 Å². The summed E-state index contributed by atoms with van der Waals surface area (Å²) in [5.74, 6) is -0.838. The van der Waals surface area contributed by atoms with Crippen LogP contribution in [0.1, 0.15) is 97.3 Å². The van der Waals surface area contributed by atoms with Crippen molar-refractivity contribution >= 4 is 5.97 Å². The lowest BCUT2D eigenvalue weighted by Crippen LogP contribution is -2.08. The van der Waals surface area contributed by atoms with E-state index in [2.05, 4.69) is 19.1 Å². The summed E-state index contributed by atoms with van der Waals surface area (Å²) >= 11 is 0. The molecule has 0 rings (SSSR count). The van der Waals surface area contributed by atoms with Gasteiger partial charge in [0.2, 0.25) is 0 Å². The van der Waals surface area contributed by atoms with Crippen LogP contribution >= 0.6 is 0 Å². The summed E-state index contributed by atoms with van der Waals surface area (Å²) in [5.41, 5.74) is 0. The molecule has 0 bridgehead atoms. The Labute approximate surface area is 132 Å². The van der Waals surface area contributed by atoms with Gasteiger partial charge in [0.05, 0.1) is 5.92 Å². The summed E-state index contributed by atoms with van der Waals surface area (Å²) in [6.07, 6.45) is 20.8. The third-order valence-corrected chi connectivity index (χ3v) is 4.07. The quantitative estimate of drug-likeness (QED) is 0.282. The van der Waals surface area contributed by atoms with Gasteiger partial charge in [0, 0.05) is 0 Å². The maximum Gasteiger partial charge on any atom is 0.306 e. The molecule has 0 aromatic carbocycles. The first-order valence-electron chi connectivity index (χ1n) is 9.06. The van der Waals surface area contributed by atoms with Crippen molar-refractivity contribution in [3.05, 3.63) is 12.2 Å². The van der Waals surface area contributed by atoms with Crippen LogP contribution in [0.5, 0.6) is 0 Å². The highest BCUT2D eigenvalue weighted by molar-refractivity contribution is 5.69. The Kier molecular flexibility index (Phi) is 15.0. The molecule has 124 valence electrons. The van der Waals surface area contributed by atoms with Gasteiger partial charge in [-0.15, -0.1) is 0 Å². The van der Waals surface area contributed by atoms with Crippen LogP contribution in [0.4, 0.5) is 0 Å². The molecule has 0 heterocycles. The molecule has 0 fully saturated rings. The van der Waals surface area contributed by atoms with Crippen LogP contribution in [0.3, 0.4) is 0 Å². The Morgan fingerprint density at radius 3 is 1.86 bits per heavy atom. The molecule has 0 spiro atoms. The number of carboxylic acids is 1. The van der Waals surface area contributed by atoms with Crippen LogP contribution in [0.15, 0.2) is 12.2 Å². The van der Waals surface area contributed by atoms with Crippen LogP contribution in [0.2, 0.25) is 0 Å². The second kappa shape index (κ2) is 15.6. The fraction of sp³-hybridized carbons (Fsp3) is 0.842. The number of unbranched alkanes of at least 4 members (excludes halogenated alkanes) is 10. The molecule has 0 aliphatic heterocycles. The van der Waals surface area contributed by atoms with Crippen molar-refractivity contribution in [2.45, 2.75) is 97.3 Å². The van der Waals surface area contributed by atoms with Crippen LogP contribution in [-0.4, -0.2) is 11.1 Å². The summed E-state index contributed by atoms with van der Waals surface area (Å²) in [6.45, 7) is 4.06.